The smallest absolute Gasteiger partial charge is 0.248 e. The Balaban J connectivity index is 1.40. The monoisotopic (exact) mass is 566 g/mol. The molecule has 11 heteroatoms. The third-order valence-corrected chi connectivity index (χ3v) is 8.70. The highest BCUT2D eigenvalue weighted by Gasteiger charge is 2.36. The van der Waals surface area contributed by atoms with Gasteiger partial charge in [0.05, 0.1) is 12.0 Å². The van der Waals surface area contributed by atoms with Gasteiger partial charge in [-0.1, -0.05) is 23.7 Å². The first kappa shape index (κ1) is 26.9. The fourth-order valence-electron chi connectivity index (χ4n) is 4.43. The van der Waals surface area contributed by atoms with Crippen molar-refractivity contribution in [2.75, 3.05) is 13.7 Å². The summed E-state index contributed by atoms with van der Waals surface area (Å²) in [6.45, 7) is 0.547. The van der Waals surface area contributed by atoms with Gasteiger partial charge in [0, 0.05) is 29.2 Å². The summed E-state index contributed by atoms with van der Waals surface area (Å²) >= 11 is 5.98. The molecule has 0 radical (unpaired) electrons. The average Bonchev–Trinajstić information content (AvgIpc) is 3.35. The Morgan fingerprint density at radius 3 is 2.18 bits per heavy atom. The van der Waals surface area contributed by atoms with Crippen molar-refractivity contribution in [3.8, 4) is 28.7 Å². The Morgan fingerprint density at radius 2 is 1.56 bits per heavy atom. The molecular formula is C28H27ClN4O5S. The molecule has 0 unspecified atom stereocenters. The minimum absolute atomic E-state index is 0.0181. The van der Waals surface area contributed by atoms with Crippen molar-refractivity contribution < 1.29 is 22.4 Å². The van der Waals surface area contributed by atoms with E-state index in [1.165, 1.54) is 28.6 Å². The van der Waals surface area contributed by atoms with Gasteiger partial charge < -0.3 is 14.5 Å². The molecule has 1 saturated heterocycles. The number of halogens is 1. The maximum atomic E-state index is 13.7. The lowest BCUT2D eigenvalue weighted by molar-refractivity contribution is -0.124. The third kappa shape index (κ3) is 5.98. The largest absolute Gasteiger partial charge is 0.497 e. The molecule has 2 heterocycles. The zero-order chi connectivity index (χ0) is 27.4. The molecule has 1 aliphatic heterocycles. The van der Waals surface area contributed by atoms with Crippen molar-refractivity contribution in [1.82, 2.24) is 19.8 Å². The number of sulfonamides is 1. The van der Waals surface area contributed by atoms with Crippen molar-refractivity contribution in [2.24, 2.45) is 0 Å². The second-order valence-corrected chi connectivity index (χ2v) is 11.5. The molecule has 1 N–H and O–H groups in total. The number of aromatic nitrogens is 2. The van der Waals surface area contributed by atoms with Crippen LogP contribution in [-0.4, -0.2) is 48.5 Å². The number of carbonyl (C=O) groups excluding carboxylic acids is 1. The first-order valence-electron chi connectivity index (χ1n) is 12.5. The lowest BCUT2D eigenvalue weighted by atomic mass is 10.1. The molecule has 1 atom stereocenters. The van der Waals surface area contributed by atoms with Crippen LogP contribution in [-0.2, 0) is 21.4 Å². The van der Waals surface area contributed by atoms with Gasteiger partial charge >= 0.3 is 0 Å². The van der Waals surface area contributed by atoms with E-state index in [1.807, 2.05) is 24.3 Å². The summed E-state index contributed by atoms with van der Waals surface area (Å²) in [5, 5.41) is 11.6. The van der Waals surface area contributed by atoms with Crippen LogP contribution < -0.4 is 10.1 Å². The summed E-state index contributed by atoms with van der Waals surface area (Å²) in [6, 6.07) is 19.6. The predicted octanol–water partition coefficient (Wildman–Crippen LogP) is 4.93. The van der Waals surface area contributed by atoms with Gasteiger partial charge in [0.2, 0.25) is 27.7 Å². The zero-order valence-electron chi connectivity index (χ0n) is 21.2. The molecule has 1 fully saturated rings. The fraction of sp³-hybridized carbons (Fsp3) is 0.250. The lowest BCUT2D eigenvalue weighted by Crippen LogP contribution is -2.48. The fourth-order valence-corrected chi connectivity index (χ4v) is 6.16. The van der Waals surface area contributed by atoms with Crippen LogP contribution in [0.2, 0.25) is 5.02 Å². The van der Waals surface area contributed by atoms with E-state index in [-0.39, 0.29) is 17.3 Å². The number of nitrogens with zero attached hydrogens (tertiary/aromatic N) is 3. The molecule has 39 heavy (non-hydrogen) atoms. The highest BCUT2D eigenvalue weighted by Crippen LogP contribution is 2.28. The number of benzene rings is 3. The summed E-state index contributed by atoms with van der Waals surface area (Å²) in [4.78, 5) is 13.0. The minimum atomic E-state index is -4.00. The number of amides is 1. The quantitative estimate of drug-likeness (QED) is 0.322. The number of rotatable bonds is 8. The summed E-state index contributed by atoms with van der Waals surface area (Å²) < 4.78 is 39.8. The molecule has 1 amide bonds. The maximum Gasteiger partial charge on any atom is 0.248 e. The van der Waals surface area contributed by atoms with E-state index in [0.717, 1.165) is 24.2 Å². The summed E-state index contributed by atoms with van der Waals surface area (Å²) in [5.41, 5.74) is 2.16. The Kier molecular flexibility index (Phi) is 7.97. The molecule has 0 saturated carbocycles. The second-order valence-electron chi connectivity index (χ2n) is 9.14. The molecule has 5 rings (SSSR count). The lowest BCUT2D eigenvalue weighted by Gasteiger charge is -2.29. The normalized spacial score (nSPS) is 16.1. The van der Waals surface area contributed by atoms with Crippen molar-refractivity contribution in [1.29, 1.82) is 0 Å². The molecule has 4 aromatic rings. The van der Waals surface area contributed by atoms with Gasteiger partial charge in [-0.3, -0.25) is 4.79 Å². The van der Waals surface area contributed by atoms with Gasteiger partial charge in [0.15, 0.2) is 0 Å². The first-order chi connectivity index (χ1) is 18.8. The molecule has 1 aromatic heterocycles. The predicted molar refractivity (Wildman–Crippen MR) is 147 cm³/mol. The van der Waals surface area contributed by atoms with Gasteiger partial charge in [-0.2, -0.15) is 4.31 Å². The zero-order valence-corrected chi connectivity index (χ0v) is 22.8. The Hall–Kier alpha value is -3.73. The van der Waals surface area contributed by atoms with Gasteiger partial charge in [0.1, 0.15) is 11.8 Å². The molecule has 0 spiro atoms. The number of hydrogen-bond acceptors (Lipinski definition) is 7. The summed E-state index contributed by atoms with van der Waals surface area (Å²) in [7, 11) is -2.40. The van der Waals surface area contributed by atoms with Crippen LogP contribution >= 0.6 is 11.6 Å². The standard InChI is InChI=1S/C28H27ClN4O5S/c1-37-23-13-9-21(10-14-23)28-32-31-27(38-28)20-7-5-19(6-8-20)18-33(25-4-2-3-17-30-26(25)34)39(35,36)24-15-11-22(29)12-16-24/h5-16,25H,2-4,17-18H2,1H3,(H,30,34)/t25-/m1/s1. The molecule has 1 aliphatic rings. The van der Waals surface area contributed by atoms with Crippen LogP contribution in [0, 0.1) is 0 Å². The maximum absolute atomic E-state index is 13.7. The van der Waals surface area contributed by atoms with Gasteiger partial charge in [-0.05, 0) is 85.5 Å². The number of carbonyl (C=O) groups is 1. The van der Waals surface area contributed by atoms with Crippen LogP contribution in [0.4, 0.5) is 0 Å². The minimum Gasteiger partial charge on any atom is -0.497 e. The summed E-state index contributed by atoms with van der Waals surface area (Å²) in [5.74, 6) is 1.14. The van der Waals surface area contributed by atoms with Crippen molar-refractivity contribution in [3.05, 3.63) is 83.4 Å². The average molecular weight is 567 g/mol. The van der Waals surface area contributed by atoms with Crippen LogP contribution in [0.3, 0.4) is 0 Å². The third-order valence-electron chi connectivity index (χ3n) is 6.58. The van der Waals surface area contributed by atoms with E-state index < -0.39 is 16.1 Å². The number of ether oxygens (including phenoxy) is 1. The van der Waals surface area contributed by atoms with E-state index in [4.69, 9.17) is 20.8 Å². The molecular weight excluding hydrogens is 540 g/mol. The van der Waals surface area contributed by atoms with Crippen LogP contribution in [0.15, 0.2) is 82.1 Å². The van der Waals surface area contributed by atoms with Gasteiger partial charge in [0.25, 0.3) is 0 Å². The van der Waals surface area contributed by atoms with E-state index in [2.05, 4.69) is 15.5 Å². The Morgan fingerprint density at radius 1 is 0.949 bits per heavy atom. The van der Waals surface area contributed by atoms with E-state index in [9.17, 15) is 13.2 Å². The van der Waals surface area contributed by atoms with Crippen LogP contribution in [0.5, 0.6) is 5.75 Å². The second kappa shape index (κ2) is 11.6. The first-order valence-corrected chi connectivity index (χ1v) is 14.3. The highest BCUT2D eigenvalue weighted by atomic mass is 35.5. The molecule has 0 bridgehead atoms. The SMILES string of the molecule is COc1ccc(-c2nnc(-c3ccc(CN([C@@H]4CCCCNC4=O)S(=O)(=O)c4ccc(Cl)cc4)cc3)o2)cc1. The van der Waals surface area contributed by atoms with Gasteiger partial charge in [-0.15, -0.1) is 10.2 Å². The Bertz CT molecular complexity index is 1540. The highest BCUT2D eigenvalue weighted by molar-refractivity contribution is 7.89. The number of methoxy groups -OCH3 is 1. The van der Waals surface area contributed by atoms with E-state index in [1.54, 1.807) is 31.4 Å². The van der Waals surface area contributed by atoms with Crippen molar-refractivity contribution in [3.63, 3.8) is 0 Å². The molecule has 3 aromatic carbocycles. The van der Waals surface area contributed by atoms with Crippen molar-refractivity contribution in [2.45, 2.75) is 36.7 Å². The summed E-state index contributed by atoms with van der Waals surface area (Å²) in [6.07, 6.45) is 1.98. The van der Waals surface area contributed by atoms with E-state index >= 15 is 0 Å². The van der Waals surface area contributed by atoms with Gasteiger partial charge in [-0.25, -0.2) is 8.42 Å². The van der Waals surface area contributed by atoms with Crippen LogP contribution in [0.1, 0.15) is 24.8 Å². The Labute approximate surface area is 231 Å². The molecule has 202 valence electrons. The van der Waals surface area contributed by atoms with Crippen molar-refractivity contribution >= 4 is 27.5 Å². The number of hydrogen-bond donors (Lipinski definition) is 1. The molecule has 0 aliphatic carbocycles. The van der Waals surface area contributed by atoms with E-state index in [0.29, 0.717) is 40.9 Å². The molecule has 9 nitrogen and oxygen atoms in total. The topological polar surface area (TPSA) is 115 Å². The van der Waals surface area contributed by atoms with Crippen LogP contribution in [0.25, 0.3) is 22.9 Å². The number of nitrogens with one attached hydrogen (secondary N) is 1.